The summed E-state index contributed by atoms with van der Waals surface area (Å²) in [5, 5.41) is 6.85. The summed E-state index contributed by atoms with van der Waals surface area (Å²) >= 11 is 3.43. The Hall–Kier alpha value is -0.420. The highest BCUT2D eigenvalue weighted by atomic mass is 79.9. The van der Waals surface area contributed by atoms with Gasteiger partial charge in [0, 0.05) is 30.1 Å². The SMILES string of the molecule is Brc1ccc(CNCC2COCCN2)cc1. The molecule has 16 heavy (non-hydrogen) atoms. The fraction of sp³-hybridized carbons (Fsp3) is 0.500. The lowest BCUT2D eigenvalue weighted by Crippen LogP contribution is -2.47. The van der Waals surface area contributed by atoms with Crippen LogP contribution >= 0.6 is 15.9 Å². The summed E-state index contributed by atoms with van der Waals surface area (Å²) in [7, 11) is 0. The first-order valence-corrected chi connectivity index (χ1v) is 6.40. The highest BCUT2D eigenvalue weighted by Gasteiger charge is 2.11. The van der Waals surface area contributed by atoms with Gasteiger partial charge in [0.05, 0.1) is 13.2 Å². The van der Waals surface area contributed by atoms with Crippen LogP contribution in [0.15, 0.2) is 28.7 Å². The lowest BCUT2D eigenvalue weighted by atomic mass is 10.2. The van der Waals surface area contributed by atoms with Gasteiger partial charge in [0.25, 0.3) is 0 Å². The highest BCUT2D eigenvalue weighted by molar-refractivity contribution is 9.10. The Morgan fingerprint density at radius 1 is 1.38 bits per heavy atom. The molecular formula is C12H17BrN2O. The number of rotatable bonds is 4. The largest absolute Gasteiger partial charge is 0.378 e. The van der Waals surface area contributed by atoms with E-state index in [4.69, 9.17) is 4.74 Å². The van der Waals surface area contributed by atoms with Crippen LogP contribution in [0.25, 0.3) is 0 Å². The van der Waals surface area contributed by atoms with Crippen molar-refractivity contribution in [3.8, 4) is 0 Å². The summed E-state index contributed by atoms with van der Waals surface area (Å²) in [6.07, 6.45) is 0. The Kier molecular flexibility index (Phi) is 4.78. The third kappa shape index (κ3) is 3.87. The zero-order chi connectivity index (χ0) is 11.2. The predicted molar refractivity (Wildman–Crippen MR) is 68.5 cm³/mol. The zero-order valence-electron chi connectivity index (χ0n) is 9.21. The van der Waals surface area contributed by atoms with Gasteiger partial charge in [-0.3, -0.25) is 0 Å². The molecule has 1 fully saturated rings. The van der Waals surface area contributed by atoms with Crippen molar-refractivity contribution in [2.45, 2.75) is 12.6 Å². The van der Waals surface area contributed by atoms with Crippen LogP contribution in [-0.4, -0.2) is 32.3 Å². The molecule has 0 saturated carbocycles. The number of morpholine rings is 1. The molecule has 0 aliphatic carbocycles. The van der Waals surface area contributed by atoms with E-state index >= 15 is 0 Å². The molecule has 0 spiro atoms. The molecule has 1 aromatic carbocycles. The lowest BCUT2D eigenvalue weighted by molar-refractivity contribution is 0.0766. The van der Waals surface area contributed by atoms with E-state index in [-0.39, 0.29) is 0 Å². The number of benzene rings is 1. The molecule has 1 heterocycles. The smallest absolute Gasteiger partial charge is 0.0632 e. The van der Waals surface area contributed by atoms with Crippen molar-refractivity contribution >= 4 is 15.9 Å². The van der Waals surface area contributed by atoms with Crippen LogP contribution in [0.3, 0.4) is 0 Å². The fourth-order valence-corrected chi connectivity index (χ4v) is 2.01. The molecule has 1 saturated heterocycles. The van der Waals surface area contributed by atoms with Crippen molar-refractivity contribution in [2.24, 2.45) is 0 Å². The molecule has 4 heteroatoms. The van der Waals surface area contributed by atoms with Gasteiger partial charge < -0.3 is 15.4 Å². The van der Waals surface area contributed by atoms with Crippen molar-refractivity contribution in [3.05, 3.63) is 34.3 Å². The van der Waals surface area contributed by atoms with Gasteiger partial charge in [0.1, 0.15) is 0 Å². The molecule has 88 valence electrons. The van der Waals surface area contributed by atoms with E-state index in [9.17, 15) is 0 Å². The molecule has 0 aromatic heterocycles. The van der Waals surface area contributed by atoms with Crippen molar-refractivity contribution in [2.75, 3.05) is 26.3 Å². The van der Waals surface area contributed by atoms with Crippen LogP contribution in [0.1, 0.15) is 5.56 Å². The van der Waals surface area contributed by atoms with Crippen molar-refractivity contribution < 1.29 is 4.74 Å². The highest BCUT2D eigenvalue weighted by Crippen LogP contribution is 2.10. The second kappa shape index (κ2) is 6.35. The number of ether oxygens (including phenoxy) is 1. The maximum atomic E-state index is 5.39. The van der Waals surface area contributed by atoms with Crippen LogP contribution in [0.5, 0.6) is 0 Å². The van der Waals surface area contributed by atoms with Crippen LogP contribution < -0.4 is 10.6 Å². The zero-order valence-corrected chi connectivity index (χ0v) is 10.8. The molecule has 1 atom stereocenters. The van der Waals surface area contributed by atoms with Gasteiger partial charge in [-0.05, 0) is 17.7 Å². The fourth-order valence-electron chi connectivity index (χ4n) is 1.74. The van der Waals surface area contributed by atoms with E-state index in [0.29, 0.717) is 6.04 Å². The predicted octanol–water partition coefficient (Wildman–Crippen LogP) is 1.53. The maximum Gasteiger partial charge on any atom is 0.0632 e. The molecular weight excluding hydrogens is 268 g/mol. The minimum absolute atomic E-state index is 0.448. The monoisotopic (exact) mass is 284 g/mol. The second-order valence-corrected chi connectivity index (χ2v) is 4.90. The second-order valence-electron chi connectivity index (χ2n) is 3.98. The summed E-state index contributed by atoms with van der Waals surface area (Å²) in [6, 6.07) is 8.84. The van der Waals surface area contributed by atoms with Gasteiger partial charge in [0.15, 0.2) is 0 Å². The molecule has 2 N–H and O–H groups in total. The summed E-state index contributed by atoms with van der Waals surface area (Å²) in [4.78, 5) is 0. The summed E-state index contributed by atoms with van der Waals surface area (Å²) in [5.41, 5.74) is 1.31. The van der Waals surface area contributed by atoms with Gasteiger partial charge >= 0.3 is 0 Å². The van der Waals surface area contributed by atoms with Crippen molar-refractivity contribution in [1.29, 1.82) is 0 Å². The van der Waals surface area contributed by atoms with Crippen LogP contribution in [-0.2, 0) is 11.3 Å². The van der Waals surface area contributed by atoms with Gasteiger partial charge in [-0.25, -0.2) is 0 Å². The number of hydrogen-bond acceptors (Lipinski definition) is 3. The summed E-state index contributed by atoms with van der Waals surface area (Å²) < 4.78 is 6.52. The molecule has 0 amide bonds. The molecule has 1 aliphatic heterocycles. The van der Waals surface area contributed by atoms with Gasteiger partial charge in [-0.2, -0.15) is 0 Å². The Morgan fingerprint density at radius 2 is 2.19 bits per heavy atom. The van der Waals surface area contributed by atoms with Gasteiger partial charge in [-0.1, -0.05) is 28.1 Å². The van der Waals surface area contributed by atoms with Crippen LogP contribution in [0.2, 0.25) is 0 Å². The minimum atomic E-state index is 0.448. The molecule has 2 rings (SSSR count). The third-order valence-electron chi connectivity index (χ3n) is 2.63. The van der Waals surface area contributed by atoms with E-state index in [0.717, 1.165) is 37.3 Å². The van der Waals surface area contributed by atoms with Crippen LogP contribution in [0, 0.1) is 0 Å². The van der Waals surface area contributed by atoms with E-state index in [1.165, 1.54) is 5.56 Å². The maximum absolute atomic E-state index is 5.39. The topological polar surface area (TPSA) is 33.3 Å². The average Bonchev–Trinajstić information content (AvgIpc) is 2.33. The minimum Gasteiger partial charge on any atom is -0.378 e. The first kappa shape index (κ1) is 12.0. The summed E-state index contributed by atoms with van der Waals surface area (Å²) in [6.45, 7) is 4.47. The van der Waals surface area contributed by atoms with Crippen molar-refractivity contribution in [1.82, 2.24) is 10.6 Å². The van der Waals surface area contributed by atoms with Crippen LogP contribution in [0.4, 0.5) is 0 Å². The Labute approximate surface area is 105 Å². The number of hydrogen-bond donors (Lipinski definition) is 2. The molecule has 1 aromatic rings. The van der Waals surface area contributed by atoms with E-state index in [1.54, 1.807) is 0 Å². The van der Waals surface area contributed by atoms with Gasteiger partial charge in [-0.15, -0.1) is 0 Å². The quantitative estimate of drug-likeness (QED) is 0.880. The number of halogens is 1. The Balaban J connectivity index is 1.69. The molecule has 3 nitrogen and oxygen atoms in total. The van der Waals surface area contributed by atoms with Crippen molar-refractivity contribution in [3.63, 3.8) is 0 Å². The van der Waals surface area contributed by atoms with Gasteiger partial charge in [0.2, 0.25) is 0 Å². The lowest BCUT2D eigenvalue weighted by Gasteiger charge is -2.24. The van der Waals surface area contributed by atoms with E-state index in [2.05, 4.69) is 50.8 Å². The molecule has 1 aliphatic rings. The summed E-state index contributed by atoms with van der Waals surface area (Å²) in [5.74, 6) is 0. The number of nitrogens with one attached hydrogen (secondary N) is 2. The Bertz CT molecular complexity index is 309. The first-order chi connectivity index (χ1) is 7.84. The average molecular weight is 285 g/mol. The first-order valence-electron chi connectivity index (χ1n) is 5.61. The molecule has 0 bridgehead atoms. The normalized spacial score (nSPS) is 20.9. The van der Waals surface area contributed by atoms with E-state index in [1.807, 2.05) is 0 Å². The molecule has 0 radical (unpaired) electrons. The molecule has 1 unspecified atom stereocenters. The Morgan fingerprint density at radius 3 is 2.88 bits per heavy atom. The van der Waals surface area contributed by atoms with E-state index < -0.39 is 0 Å². The third-order valence-corrected chi connectivity index (χ3v) is 3.16. The standard InChI is InChI=1S/C12H17BrN2O/c13-11-3-1-10(2-4-11)7-14-8-12-9-16-6-5-15-12/h1-4,12,14-15H,5-9H2.